The number of nitrogens with zero attached hydrogens (tertiary/aromatic N) is 3. The molecule has 0 unspecified atom stereocenters. The number of piperidine rings is 1. The second-order valence-electron chi connectivity index (χ2n) is 11.5. The van der Waals surface area contributed by atoms with Gasteiger partial charge >= 0.3 is 0 Å². The maximum absolute atomic E-state index is 14.3. The molecule has 1 aliphatic rings. The zero-order valence-electron chi connectivity index (χ0n) is 26.2. The minimum absolute atomic E-state index is 0.0547. The first-order chi connectivity index (χ1) is 23.3. The van der Waals surface area contributed by atoms with Gasteiger partial charge in [-0.3, -0.25) is 28.8 Å². The number of primary amides is 1. The Hall–Kier alpha value is -5.75. The van der Waals surface area contributed by atoms with E-state index in [9.17, 15) is 18.8 Å². The molecule has 0 bridgehead atoms. The van der Waals surface area contributed by atoms with Gasteiger partial charge in [0.1, 0.15) is 22.9 Å². The van der Waals surface area contributed by atoms with Gasteiger partial charge in [0, 0.05) is 29.5 Å². The van der Waals surface area contributed by atoms with Crippen LogP contribution in [0.4, 0.5) is 10.1 Å². The highest BCUT2D eigenvalue weighted by Crippen LogP contribution is 2.37. The zero-order chi connectivity index (χ0) is 33.6. The standard InChI is InChI=1S/C36H34FN5O6/c1-46-32-19-27-29(20-33(32)47-22-23-13-17-41(18-14-23)21-34(38)43)39-15-12-31(27)48-25-10-8-24(9-11-25)40-35(44)26-5-4-16-42(36(26)45)30-7-3-2-6-28(30)37/h2-12,15-16,19-20,23H,13-14,17-18,21-22H2,1H3,(H2,38,43)(H,40,44). The number of amides is 2. The Morgan fingerprint density at radius 3 is 2.48 bits per heavy atom. The molecule has 6 rings (SSSR count). The Kier molecular flexibility index (Phi) is 9.62. The number of nitrogens with one attached hydrogen (secondary N) is 1. The number of carbonyl (C=O) groups excluding carboxylic acids is 2. The first-order valence-electron chi connectivity index (χ1n) is 15.4. The molecule has 0 spiro atoms. The summed E-state index contributed by atoms with van der Waals surface area (Å²) in [5, 5.41) is 3.43. The number of fused-ring (bicyclic) bond motifs is 1. The molecular weight excluding hydrogens is 617 g/mol. The molecule has 3 N–H and O–H groups in total. The number of anilines is 1. The molecule has 1 aliphatic heterocycles. The van der Waals surface area contributed by atoms with Gasteiger partial charge in [-0.1, -0.05) is 12.1 Å². The quantitative estimate of drug-likeness (QED) is 0.200. The average molecular weight is 652 g/mol. The second-order valence-corrected chi connectivity index (χ2v) is 11.5. The number of likely N-dealkylation sites (tertiary alicyclic amines) is 1. The lowest BCUT2D eigenvalue weighted by molar-refractivity contribution is -0.119. The third-order valence-electron chi connectivity index (χ3n) is 8.19. The van der Waals surface area contributed by atoms with Gasteiger partial charge < -0.3 is 25.3 Å². The number of hydrogen-bond donors (Lipinski definition) is 2. The monoisotopic (exact) mass is 651 g/mol. The molecule has 0 aliphatic carbocycles. The number of carbonyl (C=O) groups is 2. The highest BCUT2D eigenvalue weighted by Gasteiger charge is 2.22. The lowest BCUT2D eigenvalue weighted by Crippen LogP contribution is -2.40. The molecule has 246 valence electrons. The third kappa shape index (κ3) is 7.29. The van der Waals surface area contributed by atoms with Crippen LogP contribution in [0.3, 0.4) is 0 Å². The molecule has 11 nitrogen and oxygen atoms in total. The molecular formula is C36H34FN5O6. The van der Waals surface area contributed by atoms with Gasteiger partial charge in [0.2, 0.25) is 5.91 Å². The summed E-state index contributed by atoms with van der Waals surface area (Å²) in [6.45, 7) is 2.39. The van der Waals surface area contributed by atoms with Crippen molar-refractivity contribution in [2.24, 2.45) is 11.7 Å². The van der Waals surface area contributed by atoms with Gasteiger partial charge in [-0.05, 0) is 92.5 Å². The molecule has 0 radical (unpaired) electrons. The third-order valence-corrected chi connectivity index (χ3v) is 8.19. The smallest absolute Gasteiger partial charge is 0.268 e. The number of para-hydroxylation sites is 1. The lowest BCUT2D eigenvalue weighted by atomic mass is 9.98. The number of aromatic nitrogens is 2. The molecule has 2 amide bonds. The second kappa shape index (κ2) is 14.3. The topological polar surface area (TPSA) is 138 Å². The SMILES string of the molecule is COc1cc2c(Oc3ccc(NC(=O)c4cccn(-c5ccccc5F)c4=O)cc3)ccnc2cc1OCC1CCN(CC(N)=O)CC1. The van der Waals surface area contributed by atoms with Crippen molar-refractivity contribution < 1.29 is 28.2 Å². The Balaban J connectivity index is 1.12. The number of benzene rings is 3. The van der Waals surface area contributed by atoms with E-state index in [1.165, 1.54) is 36.5 Å². The van der Waals surface area contributed by atoms with Crippen molar-refractivity contribution >= 4 is 28.4 Å². The predicted molar refractivity (Wildman–Crippen MR) is 179 cm³/mol. The molecule has 2 aromatic heterocycles. The Morgan fingerprint density at radius 1 is 0.979 bits per heavy atom. The van der Waals surface area contributed by atoms with E-state index in [-0.39, 0.29) is 23.7 Å². The van der Waals surface area contributed by atoms with Crippen molar-refractivity contribution in [2.75, 3.05) is 38.7 Å². The van der Waals surface area contributed by atoms with Gasteiger partial charge in [0.05, 0.1) is 31.5 Å². The summed E-state index contributed by atoms with van der Waals surface area (Å²) in [5.74, 6) is 0.990. The van der Waals surface area contributed by atoms with Crippen LogP contribution in [0.2, 0.25) is 0 Å². The van der Waals surface area contributed by atoms with E-state index in [0.717, 1.165) is 30.5 Å². The van der Waals surface area contributed by atoms with Crippen molar-refractivity contribution in [1.82, 2.24) is 14.5 Å². The van der Waals surface area contributed by atoms with E-state index in [1.54, 1.807) is 49.7 Å². The molecule has 1 fully saturated rings. The normalized spacial score (nSPS) is 13.6. The van der Waals surface area contributed by atoms with Gasteiger partial charge in [-0.2, -0.15) is 0 Å². The van der Waals surface area contributed by atoms with Crippen LogP contribution in [-0.4, -0.2) is 59.6 Å². The van der Waals surface area contributed by atoms with Crippen molar-refractivity contribution in [3.63, 3.8) is 0 Å². The fraction of sp³-hybridized carbons (Fsp3) is 0.222. The van der Waals surface area contributed by atoms with Gasteiger partial charge in [0.25, 0.3) is 11.5 Å². The fourth-order valence-corrected chi connectivity index (χ4v) is 5.66. The summed E-state index contributed by atoms with van der Waals surface area (Å²) in [5.41, 5.74) is 5.70. The molecule has 3 aromatic carbocycles. The molecule has 0 saturated carbocycles. The molecule has 1 saturated heterocycles. The number of nitrogens with two attached hydrogens (primary N) is 1. The predicted octanol–water partition coefficient (Wildman–Crippen LogP) is 5.15. The number of hydrogen-bond acceptors (Lipinski definition) is 8. The first-order valence-corrected chi connectivity index (χ1v) is 15.4. The van der Waals surface area contributed by atoms with Crippen molar-refractivity contribution in [1.29, 1.82) is 0 Å². The molecule has 12 heteroatoms. The fourth-order valence-electron chi connectivity index (χ4n) is 5.66. The molecule has 0 atom stereocenters. The number of methoxy groups -OCH3 is 1. The molecule has 5 aromatic rings. The molecule has 48 heavy (non-hydrogen) atoms. The van der Waals surface area contributed by atoms with Crippen LogP contribution in [0.15, 0.2) is 96.1 Å². The number of ether oxygens (including phenoxy) is 3. The van der Waals surface area contributed by atoms with E-state index in [2.05, 4.69) is 15.2 Å². The highest BCUT2D eigenvalue weighted by atomic mass is 19.1. The Bertz CT molecular complexity index is 2010. The van der Waals surface area contributed by atoms with Crippen molar-refractivity contribution in [3.8, 4) is 28.7 Å². The van der Waals surface area contributed by atoms with Crippen molar-refractivity contribution in [2.45, 2.75) is 12.8 Å². The minimum atomic E-state index is -0.643. The Morgan fingerprint density at radius 2 is 1.75 bits per heavy atom. The minimum Gasteiger partial charge on any atom is -0.493 e. The van der Waals surface area contributed by atoms with Crippen molar-refractivity contribution in [3.05, 3.63) is 113 Å². The van der Waals surface area contributed by atoms with E-state index in [0.29, 0.717) is 52.1 Å². The average Bonchev–Trinajstić information content (AvgIpc) is 3.09. The van der Waals surface area contributed by atoms with E-state index in [1.807, 2.05) is 12.1 Å². The van der Waals surface area contributed by atoms with Crippen LogP contribution >= 0.6 is 0 Å². The number of rotatable bonds is 11. The van der Waals surface area contributed by atoms with Crippen LogP contribution < -0.4 is 30.8 Å². The largest absolute Gasteiger partial charge is 0.493 e. The van der Waals surface area contributed by atoms with Gasteiger partial charge in [-0.25, -0.2) is 4.39 Å². The van der Waals surface area contributed by atoms with Crippen LogP contribution in [0, 0.1) is 11.7 Å². The maximum Gasteiger partial charge on any atom is 0.268 e. The van der Waals surface area contributed by atoms with E-state index >= 15 is 0 Å². The summed E-state index contributed by atoms with van der Waals surface area (Å²) in [4.78, 5) is 43.8. The van der Waals surface area contributed by atoms with E-state index < -0.39 is 17.3 Å². The summed E-state index contributed by atoms with van der Waals surface area (Å²) in [6.07, 6.45) is 4.87. The Labute approximate surface area is 275 Å². The summed E-state index contributed by atoms with van der Waals surface area (Å²) in [6, 6.07) is 20.8. The summed E-state index contributed by atoms with van der Waals surface area (Å²) >= 11 is 0. The van der Waals surface area contributed by atoms with Crippen LogP contribution in [-0.2, 0) is 4.79 Å². The summed E-state index contributed by atoms with van der Waals surface area (Å²) < 4.78 is 33.4. The number of halogens is 1. The zero-order valence-corrected chi connectivity index (χ0v) is 26.2. The van der Waals surface area contributed by atoms with E-state index in [4.69, 9.17) is 19.9 Å². The van der Waals surface area contributed by atoms with Crippen LogP contribution in [0.1, 0.15) is 23.2 Å². The van der Waals surface area contributed by atoms with Crippen LogP contribution in [0.5, 0.6) is 23.0 Å². The summed E-state index contributed by atoms with van der Waals surface area (Å²) in [7, 11) is 1.57. The highest BCUT2D eigenvalue weighted by molar-refractivity contribution is 6.04. The maximum atomic E-state index is 14.3. The first kappa shape index (κ1) is 32.2. The number of pyridine rings is 2. The van der Waals surface area contributed by atoms with Gasteiger partial charge in [0.15, 0.2) is 11.5 Å². The lowest BCUT2D eigenvalue weighted by Gasteiger charge is -2.31. The van der Waals surface area contributed by atoms with Gasteiger partial charge in [-0.15, -0.1) is 0 Å². The van der Waals surface area contributed by atoms with Crippen LogP contribution in [0.25, 0.3) is 16.6 Å². The molecule has 3 heterocycles.